The molecule has 0 amide bonds. The van der Waals surface area contributed by atoms with Crippen LogP contribution in [0.2, 0.25) is 0 Å². The van der Waals surface area contributed by atoms with Gasteiger partial charge in [-0.2, -0.15) is 0 Å². The third-order valence-electron chi connectivity index (χ3n) is 3.57. The maximum absolute atomic E-state index is 11.7. The Hall–Kier alpha value is -3.06. The second-order valence-corrected chi connectivity index (χ2v) is 5.96. The Kier molecular flexibility index (Phi) is 8.12. The number of esters is 2. The molecule has 0 aromatic heterocycles. The molecule has 0 radical (unpaired) electrons. The third kappa shape index (κ3) is 8.24. The van der Waals surface area contributed by atoms with Crippen molar-refractivity contribution >= 4 is 23.3 Å². The summed E-state index contributed by atoms with van der Waals surface area (Å²) in [6, 6.07) is 13.4. The van der Waals surface area contributed by atoms with Crippen molar-refractivity contribution in [2.75, 3.05) is 24.7 Å². The molecule has 0 aliphatic heterocycles. The van der Waals surface area contributed by atoms with Gasteiger partial charge in [-0.1, -0.05) is 18.6 Å². The first-order valence-corrected chi connectivity index (χ1v) is 8.73. The van der Waals surface area contributed by atoms with Crippen molar-refractivity contribution in [1.29, 1.82) is 0 Å². The lowest BCUT2D eigenvalue weighted by molar-refractivity contribution is -0.139. The summed E-state index contributed by atoms with van der Waals surface area (Å²) in [5.41, 5.74) is 12.3. The van der Waals surface area contributed by atoms with E-state index < -0.39 is 5.97 Å². The minimum atomic E-state index is -0.480. The van der Waals surface area contributed by atoms with E-state index in [0.717, 1.165) is 12.8 Å². The molecule has 2 aromatic carbocycles. The number of carbonyl (C=O) groups excluding carboxylic acids is 2. The Morgan fingerprint density at radius 2 is 1.37 bits per heavy atom. The Labute approximate surface area is 158 Å². The van der Waals surface area contributed by atoms with Crippen LogP contribution in [-0.4, -0.2) is 25.2 Å². The first-order valence-electron chi connectivity index (χ1n) is 8.73. The molecule has 0 saturated heterocycles. The van der Waals surface area contributed by atoms with Crippen molar-refractivity contribution in [1.82, 2.24) is 0 Å². The topological polar surface area (TPSA) is 114 Å². The molecule has 0 bridgehead atoms. The van der Waals surface area contributed by atoms with Gasteiger partial charge in [-0.25, -0.2) is 4.79 Å². The fourth-order valence-electron chi connectivity index (χ4n) is 2.31. The number of hydrogen-bond acceptors (Lipinski definition) is 7. The molecule has 4 N–H and O–H groups in total. The van der Waals surface area contributed by atoms with E-state index in [1.165, 1.54) is 0 Å². The molecule has 0 heterocycles. The van der Waals surface area contributed by atoms with Crippen molar-refractivity contribution in [3.63, 3.8) is 0 Å². The maximum Gasteiger partial charge on any atom is 0.337 e. The molecule has 0 atom stereocenters. The Morgan fingerprint density at radius 3 is 1.96 bits per heavy atom. The van der Waals surface area contributed by atoms with Crippen LogP contribution < -0.4 is 20.9 Å². The zero-order chi connectivity index (χ0) is 19.5. The zero-order valence-electron chi connectivity index (χ0n) is 15.1. The number of hydrogen-bond donors (Lipinski definition) is 2. The van der Waals surface area contributed by atoms with Crippen molar-refractivity contribution in [2.24, 2.45) is 0 Å². The molecule has 0 spiro atoms. The number of nitrogen functional groups attached to an aromatic ring is 2. The summed E-state index contributed by atoms with van der Waals surface area (Å²) in [7, 11) is 0. The summed E-state index contributed by atoms with van der Waals surface area (Å²) >= 11 is 0. The van der Waals surface area contributed by atoms with E-state index in [4.69, 9.17) is 25.7 Å². The lowest BCUT2D eigenvalue weighted by atomic mass is 10.2. The smallest absolute Gasteiger partial charge is 0.337 e. The Bertz CT molecular complexity index is 700. The van der Waals surface area contributed by atoms with Crippen LogP contribution in [0.25, 0.3) is 0 Å². The van der Waals surface area contributed by atoms with Crippen LogP contribution in [0, 0.1) is 0 Å². The van der Waals surface area contributed by atoms with Crippen molar-refractivity contribution < 1.29 is 23.8 Å². The molecule has 0 unspecified atom stereocenters. The zero-order valence-corrected chi connectivity index (χ0v) is 15.1. The number of anilines is 2. The van der Waals surface area contributed by atoms with Gasteiger partial charge >= 0.3 is 11.9 Å². The van der Waals surface area contributed by atoms with Crippen LogP contribution in [0.15, 0.2) is 48.5 Å². The van der Waals surface area contributed by atoms with E-state index in [1.807, 2.05) is 0 Å². The summed E-state index contributed by atoms with van der Waals surface area (Å²) in [5, 5.41) is 0. The molecule has 0 saturated carbocycles. The maximum atomic E-state index is 11.7. The van der Waals surface area contributed by atoms with Gasteiger partial charge in [0.05, 0.1) is 0 Å². The molecule has 0 aliphatic rings. The lowest BCUT2D eigenvalue weighted by Gasteiger charge is -2.06. The number of nitrogens with two attached hydrogens (primary N) is 2. The quantitative estimate of drug-likeness (QED) is 0.285. The predicted molar refractivity (Wildman–Crippen MR) is 102 cm³/mol. The number of rotatable bonds is 10. The van der Waals surface area contributed by atoms with Gasteiger partial charge < -0.3 is 25.7 Å². The third-order valence-corrected chi connectivity index (χ3v) is 3.57. The summed E-state index contributed by atoms with van der Waals surface area (Å²) in [6.45, 7) is 0.280. The van der Waals surface area contributed by atoms with Gasteiger partial charge in [0, 0.05) is 36.5 Å². The average Bonchev–Trinajstić information content (AvgIpc) is 2.61. The van der Waals surface area contributed by atoms with E-state index >= 15 is 0 Å². The van der Waals surface area contributed by atoms with Crippen LogP contribution in [-0.2, 0) is 14.3 Å². The molecule has 7 nitrogen and oxygen atoms in total. The van der Waals surface area contributed by atoms with Gasteiger partial charge in [-0.05, 0) is 37.1 Å². The van der Waals surface area contributed by atoms with Crippen molar-refractivity contribution in [3.8, 4) is 11.5 Å². The molecule has 27 heavy (non-hydrogen) atoms. The van der Waals surface area contributed by atoms with E-state index in [-0.39, 0.29) is 12.6 Å². The highest BCUT2D eigenvalue weighted by Gasteiger charge is 2.07. The highest BCUT2D eigenvalue weighted by Crippen LogP contribution is 2.16. The summed E-state index contributed by atoms with van der Waals surface area (Å²) < 4.78 is 15.6. The van der Waals surface area contributed by atoms with E-state index in [0.29, 0.717) is 42.3 Å². The van der Waals surface area contributed by atoms with E-state index in [1.54, 1.807) is 48.5 Å². The molecule has 7 heteroatoms. The van der Waals surface area contributed by atoms with Gasteiger partial charge in [0.25, 0.3) is 0 Å². The molecule has 0 fully saturated rings. The monoisotopic (exact) mass is 372 g/mol. The van der Waals surface area contributed by atoms with E-state index in [2.05, 4.69) is 0 Å². The number of benzene rings is 2. The van der Waals surface area contributed by atoms with Gasteiger partial charge in [0.1, 0.15) is 18.1 Å². The first kappa shape index (κ1) is 20.3. The Balaban J connectivity index is 1.50. The minimum absolute atomic E-state index is 0.133. The molecule has 2 aromatic rings. The molecule has 0 aliphatic carbocycles. The van der Waals surface area contributed by atoms with Crippen LogP contribution in [0.1, 0.15) is 25.7 Å². The van der Waals surface area contributed by atoms with Crippen molar-refractivity contribution in [2.45, 2.75) is 25.7 Å². The van der Waals surface area contributed by atoms with Gasteiger partial charge in [-0.15, -0.1) is 0 Å². The highest BCUT2D eigenvalue weighted by molar-refractivity contribution is 5.74. The van der Waals surface area contributed by atoms with Gasteiger partial charge in [0.15, 0.2) is 0 Å². The summed E-state index contributed by atoms with van der Waals surface area (Å²) in [5.74, 6) is 0.0582. The number of carbonyl (C=O) groups is 2. The van der Waals surface area contributed by atoms with Crippen LogP contribution in [0.3, 0.4) is 0 Å². The fourth-order valence-corrected chi connectivity index (χ4v) is 2.31. The molecular formula is C20H24N2O5. The van der Waals surface area contributed by atoms with Gasteiger partial charge in [-0.3, -0.25) is 4.79 Å². The highest BCUT2D eigenvalue weighted by atomic mass is 16.6. The van der Waals surface area contributed by atoms with E-state index in [9.17, 15) is 9.59 Å². The SMILES string of the molecule is Nc1cccc(OC(=O)CCCCCOCC(=O)Oc2cccc(N)c2)c1. The average molecular weight is 372 g/mol. The normalized spacial score (nSPS) is 10.4. The standard InChI is InChI=1S/C20H24N2O5/c21-15-6-4-8-17(12-15)26-19(23)10-2-1-3-11-25-14-20(24)27-18-9-5-7-16(22)13-18/h4-9,12-13H,1-3,10-11,14,21-22H2. The summed E-state index contributed by atoms with van der Waals surface area (Å²) in [4.78, 5) is 23.4. The first-order chi connectivity index (χ1) is 13.0. The van der Waals surface area contributed by atoms with Crippen LogP contribution in [0.4, 0.5) is 11.4 Å². The largest absolute Gasteiger partial charge is 0.426 e. The van der Waals surface area contributed by atoms with Crippen LogP contribution in [0.5, 0.6) is 11.5 Å². The fraction of sp³-hybridized carbons (Fsp3) is 0.300. The minimum Gasteiger partial charge on any atom is -0.426 e. The predicted octanol–water partition coefficient (Wildman–Crippen LogP) is 2.94. The molecule has 2 rings (SSSR count). The second kappa shape index (κ2) is 10.8. The number of unbranched alkanes of at least 4 members (excludes halogenated alkanes) is 2. The Morgan fingerprint density at radius 1 is 0.778 bits per heavy atom. The van der Waals surface area contributed by atoms with Crippen molar-refractivity contribution in [3.05, 3.63) is 48.5 Å². The van der Waals surface area contributed by atoms with Gasteiger partial charge in [0.2, 0.25) is 0 Å². The number of ether oxygens (including phenoxy) is 3. The molecular weight excluding hydrogens is 348 g/mol. The molecule has 144 valence electrons. The van der Waals surface area contributed by atoms with Crippen LogP contribution >= 0.6 is 0 Å². The summed E-state index contributed by atoms with van der Waals surface area (Å²) in [6.07, 6.45) is 2.51. The second-order valence-electron chi connectivity index (χ2n) is 5.96. The lowest BCUT2D eigenvalue weighted by Crippen LogP contribution is -2.16.